The van der Waals surface area contributed by atoms with Crippen molar-refractivity contribution in [2.75, 3.05) is 0 Å². The van der Waals surface area contributed by atoms with Crippen molar-refractivity contribution in [2.24, 2.45) is 0 Å². The summed E-state index contributed by atoms with van der Waals surface area (Å²) in [4.78, 5) is 194. The largest absolute Gasteiger partial charge is 0.270 e. The number of carbonyl (C=O) groups is 12. The molecule has 6 aliphatic heterocycles. The van der Waals surface area contributed by atoms with Crippen LogP contribution in [-0.4, -0.2) is 100 Å². The molecular weight excluding hydrogens is 1500 g/mol. The number of amides is 12. The van der Waals surface area contributed by atoms with Gasteiger partial charge in [0, 0.05) is 35.5 Å². The Hall–Kier alpha value is -15.3. The van der Waals surface area contributed by atoms with Crippen molar-refractivity contribution in [3.8, 4) is 0 Å². The second-order valence-electron chi connectivity index (χ2n) is 33.3. The molecule has 9 aliphatic carbocycles. The molecule has 120 heavy (non-hydrogen) atoms. The summed E-state index contributed by atoms with van der Waals surface area (Å²) in [5.74, 6) is -12.2. The van der Waals surface area contributed by atoms with E-state index in [9.17, 15) is 0 Å². The molecule has 0 fully saturated rings. The number of nitrogens with zero attached hydrogens (tertiary/aromatic N) is 6. The van der Waals surface area contributed by atoms with Crippen molar-refractivity contribution >= 4 is 70.9 Å². The first kappa shape index (κ1) is 68.0. The SMILES string of the molecule is O=C1c2cc3c(cc2C(=O)N1Cc1ccccc1)C1c2cc4c(cc2C3c2c3c(c5c(c21)C1c2cc6c(cc2C5c2cc5c(cc21)C(=O)N(Cc1ccccc1)C5=O)C(=O)N(Cc1ccccc1)C6=O)C1c2cc5c(cc2C3c2cc3c(cc21)C(=O)N(Cc1ccccc1)C3=O)C(=O)N(Cc1ccccc1)C5=O)C(=O)N(Cc1ccccc1)C4=O. The zero-order valence-corrected chi connectivity index (χ0v) is 63.5. The topological polar surface area (TPSA) is 224 Å². The first-order valence-corrected chi connectivity index (χ1v) is 40.2. The van der Waals surface area contributed by atoms with Gasteiger partial charge in [0.15, 0.2) is 0 Å². The van der Waals surface area contributed by atoms with Gasteiger partial charge in [-0.2, -0.15) is 0 Å². The molecule has 0 N–H and O–H groups in total. The van der Waals surface area contributed by atoms with Gasteiger partial charge in [-0.15, -0.1) is 0 Å². The van der Waals surface area contributed by atoms with Crippen LogP contribution in [0.5, 0.6) is 0 Å². The van der Waals surface area contributed by atoms with Crippen LogP contribution in [0.15, 0.2) is 255 Å². The molecular formula is C102H60N6O12. The van der Waals surface area contributed by atoms with Gasteiger partial charge in [0.05, 0.1) is 106 Å². The number of imide groups is 6. The van der Waals surface area contributed by atoms with Crippen molar-refractivity contribution in [3.63, 3.8) is 0 Å². The smallest absolute Gasteiger partial charge is 0.261 e. The van der Waals surface area contributed by atoms with Gasteiger partial charge < -0.3 is 0 Å². The molecule has 15 aliphatic rings. The zero-order chi connectivity index (χ0) is 80.6. The van der Waals surface area contributed by atoms with E-state index in [-0.39, 0.29) is 106 Å². The Balaban J connectivity index is 0.798. The minimum Gasteiger partial charge on any atom is -0.270 e. The van der Waals surface area contributed by atoms with E-state index in [1.165, 1.54) is 29.4 Å². The van der Waals surface area contributed by atoms with E-state index < -0.39 is 106 Å². The highest BCUT2D eigenvalue weighted by atomic mass is 16.2. The first-order chi connectivity index (χ1) is 58.5. The standard InChI is InChI=1S/C102H60N6O12/c109-91-67-31-55-56(32-68(67)92(110)103(91)43-49-19-7-1-8-20-49)80-58-34-70-69(93(111)104(94(70)112)44-50-21-9-2-10-22-50)33-57(58)79(55)85-86(80)88-82-61-37-73-77(101(119)107(97(73)115)47-53-27-15-5-16-28-53)41-65(61)84(66-42-78-74(38-62(66)82)98(116)108(102(78)120)48-54-29-17-6-18-30-54)90(88)89-83-63-39-75-71(95(113)105(99(75)117)45-51-23-11-3-12-24-51)35-59(63)81(87(85)89)60-36-72-76(40-64(60)83)100(118)106(96(72)114)46-52-25-13-4-14-26-52/h1-42,79-84H,43-48H2. The normalized spacial score (nSPS) is 19.8. The van der Waals surface area contributed by atoms with Gasteiger partial charge in [-0.3, -0.25) is 86.9 Å². The van der Waals surface area contributed by atoms with Crippen LogP contribution < -0.4 is 0 Å². The molecule has 28 rings (SSSR count). The predicted molar refractivity (Wildman–Crippen MR) is 435 cm³/mol. The maximum Gasteiger partial charge on any atom is 0.261 e. The predicted octanol–water partition coefficient (Wildman–Crippen LogP) is 15.4. The fourth-order valence-electron chi connectivity index (χ4n) is 22.3. The zero-order valence-electron chi connectivity index (χ0n) is 63.5. The maximum atomic E-state index is 15.6. The third-order valence-electron chi connectivity index (χ3n) is 27.4. The van der Waals surface area contributed by atoms with E-state index in [4.69, 9.17) is 0 Å². The molecule has 0 saturated carbocycles. The van der Waals surface area contributed by atoms with E-state index in [0.717, 1.165) is 33.4 Å². The van der Waals surface area contributed by atoms with Crippen LogP contribution in [0.25, 0.3) is 0 Å². The molecule has 0 radical (unpaired) electrons. The monoisotopic (exact) mass is 1560 g/mol. The molecule has 6 bridgehead atoms. The molecule has 0 spiro atoms. The lowest BCUT2D eigenvalue weighted by atomic mass is 9.47. The van der Waals surface area contributed by atoms with Gasteiger partial charge in [-0.1, -0.05) is 182 Å². The highest BCUT2D eigenvalue weighted by molar-refractivity contribution is 6.26. The second kappa shape index (κ2) is 24.2. The van der Waals surface area contributed by atoms with E-state index in [2.05, 4.69) is 0 Å². The van der Waals surface area contributed by atoms with Gasteiger partial charge in [0.1, 0.15) is 0 Å². The molecule has 13 aromatic carbocycles. The number of hydrogen-bond acceptors (Lipinski definition) is 12. The van der Waals surface area contributed by atoms with Crippen molar-refractivity contribution < 1.29 is 57.5 Å². The maximum absolute atomic E-state index is 15.6. The molecule has 0 aromatic heterocycles. The lowest BCUT2D eigenvalue weighted by Gasteiger charge is -2.55. The van der Waals surface area contributed by atoms with Gasteiger partial charge in [0.25, 0.3) is 70.9 Å². The fraction of sp³-hybridized carbons (Fsp3) is 0.118. The van der Waals surface area contributed by atoms with Crippen LogP contribution in [0, 0.1) is 0 Å². The summed E-state index contributed by atoms with van der Waals surface area (Å²) < 4.78 is 0. The van der Waals surface area contributed by atoms with E-state index >= 15 is 57.5 Å². The van der Waals surface area contributed by atoms with Crippen molar-refractivity contribution in [3.05, 3.63) is 455 Å². The van der Waals surface area contributed by atoms with Gasteiger partial charge in [0.2, 0.25) is 0 Å². The molecule has 18 heteroatoms. The Labute approximate surface area is 683 Å². The molecule has 570 valence electrons. The molecule has 12 amide bonds. The number of hydrogen-bond donors (Lipinski definition) is 0. The van der Waals surface area contributed by atoms with Gasteiger partial charge in [-0.25, -0.2) is 0 Å². The summed E-state index contributed by atoms with van der Waals surface area (Å²) in [5.41, 5.74) is 18.0. The van der Waals surface area contributed by atoms with Crippen LogP contribution in [0.1, 0.15) is 293 Å². The summed E-state index contributed by atoms with van der Waals surface area (Å²) in [6.07, 6.45) is 0. The third kappa shape index (κ3) is 8.94. The Bertz CT molecular complexity index is 5810. The van der Waals surface area contributed by atoms with Gasteiger partial charge in [-0.05, 0) is 206 Å². The summed E-state index contributed by atoms with van der Waals surface area (Å²) in [7, 11) is 0. The van der Waals surface area contributed by atoms with Crippen LogP contribution in [0.2, 0.25) is 0 Å². The molecule has 0 saturated heterocycles. The fourth-order valence-corrected chi connectivity index (χ4v) is 22.3. The number of carbonyl (C=O) groups excluding carboxylic acids is 12. The lowest BCUT2D eigenvalue weighted by Crippen LogP contribution is -2.41. The molecule has 13 aromatic rings. The summed E-state index contributed by atoms with van der Waals surface area (Å²) in [5, 5.41) is 0. The molecule has 0 unspecified atom stereocenters. The average molecular weight is 1560 g/mol. The third-order valence-corrected chi connectivity index (χ3v) is 27.4. The number of benzene rings is 13. The van der Waals surface area contributed by atoms with Crippen LogP contribution >= 0.6 is 0 Å². The highest BCUT2D eigenvalue weighted by Gasteiger charge is 2.60. The van der Waals surface area contributed by atoms with Crippen LogP contribution in [-0.2, 0) is 39.3 Å². The Morgan fingerprint density at radius 1 is 0.150 bits per heavy atom. The summed E-state index contributed by atoms with van der Waals surface area (Å²) in [6, 6.07) is 77.3. The first-order valence-electron chi connectivity index (χ1n) is 40.2. The van der Waals surface area contributed by atoms with Crippen LogP contribution in [0.3, 0.4) is 0 Å². The van der Waals surface area contributed by atoms with E-state index in [1.807, 2.05) is 255 Å². The summed E-state index contributed by atoms with van der Waals surface area (Å²) >= 11 is 0. The van der Waals surface area contributed by atoms with Gasteiger partial charge >= 0.3 is 0 Å². The highest BCUT2D eigenvalue weighted by Crippen LogP contribution is 2.72. The molecule has 18 nitrogen and oxygen atoms in total. The molecule has 0 atom stereocenters. The van der Waals surface area contributed by atoms with E-state index in [1.54, 1.807) is 0 Å². The lowest BCUT2D eigenvalue weighted by molar-refractivity contribution is 0.0627. The number of fused-ring (bicyclic) bond motifs is 6. The Morgan fingerprint density at radius 2 is 0.250 bits per heavy atom. The Kier molecular flexibility index (Phi) is 13.7. The minimum atomic E-state index is -0.984. The quantitative estimate of drug-likeness (QED) is 0.104. The van der Waals surface area contributed by atoms with Crippen molar-refractivity contribution in [2.45, 2.75) is 74.8 Å². The summed E-state index contributed by atoms with van der Waals surface area (Å²) in [6.45, 7) is -0.252. The molecule has 6 heterocycles. The van der Waals surface area contributed by atoms with Crippen LogP contribution in [0.4, 0.5) is 0 Å². The van der Waals surface area contributed by atoms with Crippen molar-refractivity contribution in [1.29, 1.82) is 0 Å². The van der Waals surface area contributed by atoms with Crippen molar-refractivity contribution in [1.82, 2.24) is 29.4 Å². The Morgan fingerprint density at radius 3 is 0.350 bits per heavy atom. The van der Waals surface area contributed by atoms with E-state index in [0.29, 0.717) is 100 Å². The second-order valence-corrected chi connectivity index (χ2v) is 33.3. The minimum absolute atomic E-state index is 0.0420. The number of rotatable bonds is 12. The average Bonchev–Trinajstić information content (AvgIpc) is 0.902.